The van der Waals surface area contributed by atoms with Gasteiger partial charge >= 0.3 is 0 Å². The number of benzene rings is 2. The highest BCUT2D eigenvalue weighted by atomic mass is 32.2. The Morgan fingerprint density at radius 2 is 1.88 bits per heavy atom. The first-order valence-corrected chi connectivity index (χ1v) is 9.03. The zero-order valence-electron chi connectivity index (χ0n) is 14.1. The molecule has 26 heavy (non-hydrogen) atoms. The molecule has 138 valence electrons. The average Bonchev–Trinajstić information content (AvgIpc) is 2.61. The lowest BCUT2D eigenvalue weighted by molar-refractivity contribution is -0.384. The summed E-state index contributed by atoms with van der Waals surface area (Å²) in [5.74, 6) is -0.423. The molecule has 0 fully saturated rings. The lowest BCUT2D eigenvalue weighted by Crippen LogP contribution is -2.23. The van der Waals surface area contributed by atoms with E-state index in [1.165, 1.54) is 31.3 Å². The summed E-state index contributed by atoms with van der Waals surface area (Å²) < 4.78 is 26.2. The van der Waals surface area contributed by atoms with Gasteiger partial charge in [-0.05, 0) is 37.7 Å². The molecule has 0 unspecified atom stereocenters. The number of hydrogen-bond donors (Lipinski definition) is 3. The van der Waals surface area contributed by atoms with Crippen LogP contribution in [-0.2, 0) is 14.8 Å². The summed E-state index contributed by atoms with van der Waals surface area (Å²) in [4.78, 5) is 22.3. The predicted octanol–water partition coefficient (Wildman–Crippen LogP) is 1.86. The van der Waals surface area contributed by atoms with Crippen molar-refractivity contribution in [2.24, 2.45) is 0 Å². The van der Waals surface area contributed by atoms with Crippen molar-refractivity contribution in [3.05, 3.63) is 58.1 Å². The van der Waals surface area contributed by atoms with Crippen LogP contribution in [0.3, 0.4) is 0 Å². The van der Waals surface area contributed by atoms with Gasteiger partial charge < -0.3 is 10.6 Å². The second-order valence-corrected chi connectivity index (χ2v) is 7.25. The Labute approximate surface area is 150 Å². The van der Waals surface area contributed by atoms with Crippen molar-refractivity contribution in [1.29, 1.82) is 0 Å². The van der Waals surface area contributed by atoms with Gasteiger partial charge in [-0.1, -0.05) is 12.1 Å². The predicted molar refractivity (Wildman–Crippen MR) is 97.6 cm³/mol. The Kier molecular flexibility index (Phi) is 5.90. The van der Waals surface area contributed by atoms with E-state index in [2.05, 4.69) is 15.4 Å². The van der Waals surface area contributed by atoms with Crippen LogP contribution in [0.4, 0.5) is 17.1 Å². The van der Waals surface area contributed by atoms with Gasteiger partial charge in [0.05, 0.1) is 16.4 Å². The van der Waals surface area contributed by atoms with Gasteiger partial charge in [0.1, 0.15) is 0 Å². The molecule has 3 N–H and O–H groups in total. The summed E-state index contributed by atoms with van der Waals surface area (Å²) in [6.45, 7) is 1.52. The summed E-state index contributed by atoms with van der Waals surface area (Å²) in [5.41, 5.74) is 1.22. The number of carbonyl (C=O) groups is 1. The number of nitrogens with zero attached hydrogens (tertiary/aromatic N) is 1. The van der Waals surface area contributed by atoms with Gasteiger partial charge in [0, 0.05) is 23.5 Å². The minimum atomic E-state index is -3.64. The number of sulfonamides is 1. The summed E-state index contributed by atoms with van der Waals surface area (Å²) >= 11 is 0. The lowest BCUT2D eigenvalue weighted by Gasteiger charge is -2.11. The molecule has 0 aliphatic rings. The van der Waals surface area contributed by atoms with Crippen molar-refractivity contribution in [3.63, 3.8) is 0 Å². The number of rotatable bonds is 7. The Morgan fingerprint density at radius 3 is 2.54 bits per heavy atom. The number of non-ortho nitro benzene ring substituents is 1. The van der Waals surface area contributed by atoms with Crippen molar-refractivity contribution < 1.29 is 18.1 Å². The Morgan fingerprint density at radius 1 is 1.15 bits per heavy atom. The Balaban J connectivity index is 2.05. The van der Waals surface area contributed by atoms with Crippen LogP contribution in [0.25, 0.3) is 0 Å². The summed E-state index contributed by atoms with van der Waals surface area (Å²) in [6.07, 6.45) is 0. The third-order valence-corrected chi connectivity index (χ3v) is 5.10. The molecule has 10 heteroatoms. The number of nitro benzene ring substituents is 1. The molecule has 0 aliphatic heterocycles. The summed E-state index contributed by atoms with van der Waals surface area (Å²) in [7, 11) is -2.33. The van der Waals surface area contributed by atoms with Crippen LogP contribution < -0.4 is 15.4 Å². The molecule has 0 aromatic heterocycles. The van der Waals surface area contributed by atoms with Gasteiger partial charge in [0.15, 0.2) is 0 Å². The van der Waals surface area contributed by atoms with Crippen LogP contribution in [0, 0.1) is 17.0 Å². The summed E-state index contributed by atoms with van der Waals surface area (Å²) in [6, 6.07) is 10.3. The molecular formula is C16H18N4O5S. The summed E-state index contributed by atoms with van der Waals surface area (Å²) in [5, 5.41) is 16.1. The first kappa shape index (κ1) is 19.3. The van der Waals surface area contributed by atoms with Gasteiger partial charge in [-0.15, -0.1) is 0 Å². The van der Waals surface area contributed by atoms with Crippen molar-refractivity contribution in [2.45, 2.75) is 11.8 Å². The molecule has 9 nitrogen and oxygen atoms in total. The molecule has 0 saturated carbocycles. The SMILES string of the molecule is CNS(=O)(=O)c1cc(NC(=O)CNc2cccc([N+](=O)[O-])c2)ccc1C. The van der Waals surface area contributed by atoms with Crippen molar-refractivity contribution >= 4 is 33.0 Å². The quantitative estimate of drug-likeness (QED) is 0.498. The van der Waals surface area contributed by atoms with Crippen LogP contribution >= 0.6 is 0 Å². The van der Waals surface area contributed by atoms with Gasteiger partial charge in [0.25, 0.3) is 5.69 Å². The molecule has 0 heterocycles. The normalized spacial score (nSPS) is 11.0. The minimum Gasteiger partial charge on any atom is -0.376 e. The molecule has 0 aliphatic carbocycles. The minimum absolute atomic E-state index is 0.0736. The van der Waals surface area contributed by atoms with E-state index in [0.717, 1.165) is 0 Å². The second kappa shape index (κ2) is 7.93. The third kappa shape index (κ3) is 4.77. The number of amides is 1. The molecule has 1 amide bonds. The maximum Gasteiger partial charge on any atom is 0.271 e. The van der Waals surface area contributed by atoms with Crippen LogP contribution in [0.15, 0.2) is 47.4 Å². The van der Waals surface area contributed by atoms with E-state index in [9.17, 15) is 23.3 Å². The van der Waals surface area contributed by atoms with Crippen molar-refractivity contribution in [3.8, 4) is 0 Å². The lowest BCUT2D eigenvalue weighted by atomic mass is 10.2. The van der Waals surface area contributed by atoms with Crippen LogP contribution in [-0.4, -0.2) is 32.8 Å². The number of nitro groups is 1. The maximum absolute atomic E-state index is 12.0. The molecule has 2 rings (SSSR count). The molecule has 2 aromatic rings. The van der Waals surface area contributed by atoms with Gasteiger partial charge in [-0.2, -0.15) is 0 Å². The fourth-order valence-corrected chi connectivity index (χ4v) is 3.19. The number of anilines is 2. The number of carbonyl (C=O) groups excluding carboxylic acids is 1. The highest BCUT2D eigenvalue weighted by molar-refractivity contribution is 7.89. The van der Waals surface area contributed by atoms with Gasteiger partial charge in [-0.25, -0.2) is 13.1 Å². The zero-order chi connectivity index (χ0) is 19.3. The molecule has 0 saturated heterocycles. The highest BCUT2D eigenvalue weighted by Crippen LogP contribution is 2.20. The first-order valence-electron chi connectivity index (χ1n) is 7.55. The largest absolute Gasteiger partial charge is 0.376 e. The van der Waals surface area contributed by atoms with E-state index in [4.69, 9.17) is 0 Å². The monoisotopic (exact) mass is 378 g/mol. The Hall–Kier alpha value is -2.98. The first-order chi connectivity index (χ1) is 12.2. The fraction of sp³-hybridized carbons (Fsp3) is 0.188. The van der Waals surface area contributed by atoms with Crippen LogP contribution in [0.2, 0.25) is 0 Å². The number of aryl methyl sites for hydroxylation is 1. The van der Waals surface area contributed by atoms with E-state index >= 15 is 0 Å². The van der Waals surface area contributed by atoms with E-state index < -0.39 is 20.9 Å². The van der Waals surface area contributed by atoms with E-state index in [-0.39, 0.29) is 17.1 Å². The van der Waals surface area contributed by atoms with E-state index in [0.29, 0.717) is 16.9 Å². The second-order valence-electron chi connectivity index (χ2n) is 5.40. The highest BCUT2D eigenvalue weighted by Gasteiger charge is 2.15. The molecule has 2 aromatic carbocycles. The zero-order valence-corrected chi connectivity index (χ0v) is 15.0. The number of nitrogens with one attached hydrogen (secondary N) is 3. The van der Waals surface area contributed by atoms with Gasteiger partial charge in [0.2, 0.25) is 15.9 Å². The molecule has 0 spiro atoms. The average molecular weight is 378 g/mol. The third-order valence-electron chi connectivity index (χ3n) is 3.54. The van der Waals surface area contributed by atoms with Crippen molar-refractivity contribution in [1.82, 2.24) is 4.72 Å². The Bertz CT molecular complexity index is 943. The number of hydrogen-bond acceptors (Lipinski definition) is 6. The molecule has 0 radical (unpaired) electrons. The fourth-order valence-electron chi connectivity index (χ4n) is 2.19. The van der Waals surface area contributed by atoms with Crippen molar-refractivity contribution in [2.75, 3.05) is 24.2 Å². The van der Waals surface area contributed by atoms with Crippen LogP contribution in [0.1, 0.15) is 5.56 Å². The molecule has 0 bridgehead atoms. The standard InChI is InChI=1S/C16H18N4O5S/c1-11-6-7-13(9-15(11)26(24,25)17-2)19-16(21)10-18-12-4-3-5-14(8-12)20(22)23/h3-9,17-18H,10H2,1-2H3,(H,19,21). The van der Waals surface area contributed by atoms with Crippen LogP contribution in [0.5, 0.6) is 0 Å². The topological polar surface area (TPSA) is 130 Å². The van der Waals surface area contributed by atoms with E-state index in [1.807, 2.05) is 0 Å². The van der Waals surface area contributed by atoms with E-state index in [1.54, 1.807) is 25.1 Å². The molecular weight excluding hydrogens is 360 g/mol. The smallest absolute Gasteiger partial charge is 0.271 e. The molecule has 0 atom stereocenters. The van der Waals surface area contributed by atoms with Gasteiger partial charge in [-0.3, -0.25) is 14.9 Å². The maximum atomic E-state index is 12.0.